The van der Waals surface area contributed by atoms with Gasteiger partial charge in [0.1, 0.15) is 0 Å². The molecule has 0 spiro atoms. The molecule has 7 heteroatoms. The lowest BCUT2D eigenvalue weighted by Gasteiger charge is -2.20. The van der Waals surface area contributed by atoms with Gasteiger partial charge >= 0.3 is 0 Å². The predicted octanol–water partition coefficient (Wildman–Crippen LogP) is 14.6. The first-order valence-corrected chi connectivity index (χ1v) is 28.1. The first kappa shape index (κ1) is 45.9. The summed E-state index contributed by atoms with van der Waals surface area (Å²) in [7, 11) is -3.68. The van der Waals surface area contributed by atoms with Crippen LogP contribution in [0.1, 0.15) is 0 Å². The van der Waals surface area contributed by atoms with Gasteiger partial charge in [0.2, 0.25) is 0 Å². The standard InChI is InChI=1S/C34H23N2OP.C34H23N2P/c37-38(26-11-3-1-4-12-26,27-13-5-2-6-14-27)28-20-17-25(18-21-28)33-30-22-19-24-10-9-23-35-34(24)32(30)29-15-7-8-16-31(29)36-33;1-3-11-26(12-4-1)37(27-13-5-2-6-14-27)28-20-17-25(18-21-28)33-30-22-19-24-10-9-23-35-34(24)32(30)29-15-7-8-16-31(29)36-33/h1-23H;1-23H. The Balaban J connectivity index is 0.000000144. The molecule has 0 aliphatic carbocycles. The smallest absolute Gasteiger partial charge is 0.171 e. The second kappa shape index (κ2) is 19.8. The Hall–Kier alpha value is -8.98. The zero-order valence-corrected chi connectivity index (χ0v) is 42.4. The van der Waals surface area contributed by atoms with E-state index in [9.17, 15) is 4.57 Å². The zero-order chi connectivity index (χ0) is 50.1. The molecule has 75 heavy (non-hydrogen) atoms. The van der Waals surface area contributed by atoms with Gasteiger partial charge in [0.05, 0.1) is 33.5 Å². The average molecular weight is 997 g/mol. The van der Waals surface area contributed by atoms with Crippen molar-refractivity contribution in [1.82, 2.24) is 19.9 Å². The van der Waals surface area contributed by atoms with Crippen LogP contribution in [0.15, 0.2) is 279 Å². The highest BCUT2D eigenvalue weighted by molar-refractivity contribution is 7.85. The lowest BCUT2D eigenvalue weighted by molar-refractivity contribution is 0.592. The van der Waals surface area contributed by atoms with Gasteiger partial charge in [0.25, 0.3) is 0 Å². The molecule has 0 atom stereocenters. The van der Waals surface area contributed by atoms with Crippen LogP contribution in [0.5, 0.6) is 0 Å². The van der Waals surface area contributed by atoms with E-state index in [1.165, 1.54) is 21.3 Å². The number of nitrogens with zero attached hydrogens (tertiary/aromatic N) is 4. The van der Waals surface area contributed by atoms with Crippen LogP contribution in [-0.2, 0) is 4.57 Å². The van der Waals surface area contributed by atoms with Crippen molar-refractivity contribution < 1.29 is 4.57 Å². The third-order valence-corrected chi connectivity index (χ3v) is 19.6. The maximum absolute atomic E-state index is 14.8. The van der Waals surface area contributed by atoms with E-state index in [0.717, 1.165) is 98.2 Å². The van der Waals surface area contributed by atoms with Crippen LogP contribution in [0, 0.1) is 0 Å². The van der Waals surface area contributed by atoms with Crippen LogP contribution in [-0.4, -0.2) is 19.9 Å². The second-order valence-electron chi connectivity index (χ2n) is 18.5. The normalized spacial score (nSPS) is 11.6. The van der Waals surface area contributed by atoms with Gasteiger partial charge in [0, 0.05) is 82.5 Å². The highest BCUT2D eigenvalue weighted by atomic mass is 31.2. The summed E-state index contributed by atoms with van der Waals surface area (Å²) in [4.78, 5) is 19.8. The van der Waals surface area contributed by atoms with E-state index in [1.54, 1.807) is 0 Å². The Labute approximate surface area is 436 Å². The third-order valence-electron chi connectivity index (χ3n) is 14.0. The number of rotatable bonds is 8. The fourth-order valence-corrected chi connectivity index (χ4v) is 15.4. The van der Waals surface area contributed by atoms with Gasteiger partial charge in [-0.3, -0.25) is 9.97 Å². The van der Waals surface area contributed by atoms with E-state index < -0.39 is 15.1 Å². The molecule has 0 aliphatic heterocycles. The summed E-state index contributed by atoms with van der Waals surface area (Å²) in [5.74, 6) is 0. The lowest BCUT2D eigenvalue weighted by Crippen LogP contribution is -2.24. The van der Waals surface area contributed by atoms with Gasteiger partial charge in [-0.2, -0.15) is 0 Å². The van der Waals surface area contributed by atoms with Crippen molar-refractivity contribution in [1.29, 1.82) is 0 Å². The summed E-state index contributed by atoms with van der Waals surface area (Å²) in [6, 6.07) is 91.7. The molecule has 0 aliphatic rings. The molecule has 0 amide bonds. The number of benzene rings is 10. The molecule has 4 heterocycles. The summed E-state index contributed by atoms with van der Waals surface area (Å²) < 4.78 is 14.8. The Morgan fingerprint density at radius 2 is 0.680 bits per heavy atom. The molecule has 354 valence electrons. The number of fused-ring (bicyclic) bond motifs is 10. The van der Waals surface area contributed by atoms with E-state index in [2.05, 4.69) is 152 Å². The lowest BCUT2D eigenvalue weighted by atomic mass is 9.97. The molecule has 10 aromatic carbocycles. The van der Waals surface area contributed by atoms with Crippen molar-refractivity contribution in [3.8, 4) is 22.5 Å². The Kier molecular flexibility index (Phi) is 12.1. The van der Waals surface area contributed by atoms with Crippen molar-refractivity contribution in [3.05, 3.63) is 279 Å². The van der Waals surface area contributed by atoms with E-state index in [-0.39, 0.29) is 0 Å². The van der Waals surface area contributed by atoms with Gasteiger partial charge in [-0.15, -0.1) is 0 Å². The molecule has 4 aromatic heterocycles. The van der Waals surface area contributed by atoms with Crippen molar-refractivity contribution >= 4 is 112 Å². The largest absolute Gasteiger partial charge is 0.309 e. The van der Waals surface area contributed by atoms with E-state index in [0.29, 0.717) is 0 Å². The number of para-hydroxylation sites is 2. The average Bonchev–Trinajstić information content (AvgIpc) is 3.50. The molecule has 14 rings (SSSR count). The van der Waals surface area contributed by atoms with Crippen LogP contribution in [0.3, 0.4) is 0 Å². The molecule has 0 N–H and O–H groups in total. The minimum absolute atomic E-state index is 0.644. The molecular formula is C68H46N4OP2. The second-order valence-corrected chi connectivity index (χ2v) is 23.4. The summed E-state index contributed by atoms with van der Waals surface area (Å²) in [5, 5.41) is 15.4. The van der Waals surface area contributed by atoms with Crippen LogP contribution < -0.4 is 31.8 Å². The van der Waals surface area contributed by atoms with E-state index in [4.69, 9.17) is 19.9 Å². The van der Waals surface area contributed by atoms with Gasteiger partial charge in [-0.05, 0) is 48.1 Å². The third kappa shape index (κ3) is 8.43. The Morgan fingerprint density at radius 3 is 1.13 bits per heavy atom. The Bertz CT molecular complexity index is 4310. The monoisotopic (exact) mass is 996 g/mol. The van der Waals surface area contributed by atoms with Crippen molar-refractivity contribution in [3.63, 3.8) is 0 Å². The first-order chi connectivity index (χ1) is 37.1. The molecule has 14 aromatic rings. The van der Waals surface area contributed by atoms with Crippen LogP contribution in [0.2, 0.25) is 0 Å². The summed E-state index contributed by atoms with van der Waals surface area (Å²) in [5.41, 5.74) is 7.90. The molecule has 0 saturated carbocycles. The molecular weight excluding hydrogens is 951 g/mol. The molecule has 0 bridgehead atoms. The number of hydrogen-bond donors (Lipinski definition) is 0. The van der Waals surface area contributed by atoms with E-state index >= 15 is 0 Å². The molecule has 0 radical (unpaired) electrons. The van der Waals surface area contributed by atoms with Crippen LogP contribution >= 0.6 is 15.1 Å². The molecule has 5 nitrogen and oxygen atoms in total. The predicted molar refractivity (Wildman–Crippen MR) is 318 cm³/mol. The minimum Gasteiger partial charge on any atom is -0.309 e. The van der Waals surface area contributed by atoms with Crippen LogP contribution in [0.25, 0.3) is 87.7 Å². The Morgan fingerprint density at radius 1 is 0.307 bits per heavy atom. The van der Waals surface area contributed by atoms with Crippen molar-refractivity contribution in [2.24, 2.45) is 0 Å². The molecule has 0 unspecified atom stereocenters. The van der Waals surface area contributed by atoms with Gasteiger partial charge in [-0.25, -0.2) is 9.97 Å². The number of aromatic nitrogens is 4. The summed E-state index contributed by atoms with van der Waals surface area (Å²) >= 11 is 0. The van der Waals surface area contributed by atoms with Gasteiger partial charge in [-0.1, -0.05) is 243 Å². The van der Waals surface area contributed by atoms with Crippen molar-refractivity contribution in [2.45, 2.75) is 0 Å². The number of hydrogen-bond acceptors (Lipinski definition) is 5. The summed E-state index contributed by atoms with van der Waals surface area (Å²) in [6.45, 7) is 0. The van der Waals surface area contributed by atoms with Crippen LogP contribution in [0.4, 0.5) is 0 Å². The van der Waals surface area contributed by atoms with Gasteiger partial charge in [0.15, 0.2) is 7.14 Å². The highest BCUT2D eigenvalue weighted by Gasteiger charge is 2.30. The zero-order valence-electron chi connectivity index (χ0n) is 40.6. The maximum Gasteiger partial charge on any atom is 0.171 e. The SMILES string of the molecule is O=P(c1ccccc1)(c1ccccc1)c1ccc(-c2nc3ccccc3c3c2ccc2cccnc23)cc1.c1ccc(P(c2ccccc2)c2ccc(-c3nc4ccccc4c4c3ccc3cccnc34)cc2)cc1. The highest BCUT2D eigenvalue weighted by Crippen LogP contribution is 2.44. The summed E-state index contributed by atoms with van der Waals surface area (Å²) in [6.07, 6.45) is 3.72. The fraction of sp³-hybridized carbons (Fsp3) is 0. The van der Waals surface area contributed by atoms with E-state index in [1.807, 2.05) is 128 Å². The first-order valence-electron chi connectivity index (χ1n) is 25.1. The van der Waals surface area contributed by atoms with Crippen molar-refractivity contribution in [2.75, 3.05) is 0 Å². The fourth-order valence-electron chi connectivity index (χ4n) is 10.5. The topological polar surface area (TPSA) is 68.6 Å². The minimum atomic E-state index is -3.04. The molecule has 0 fully saturated rings. The maximum atomic E-state index is 14.8. The molecule has 0 saturated heterocycles. The van der Waals surface area contributed by atoms with Gasteiger partial charge < -0.3 is 4.57 Å². The number of pyridine rings is 4. The quantitative estimate of drug-likeness (QED) is 0.112.